The third kappa shape index (κ3) is 4.36. The fourth-order valence-electron chi connectivity index (χ4n) is 2.47. The summed E-state index contributed by atoms with van der Waals surface area (Å²) in [6, 6.07) is 5.69. The van der Waals surface area contributed by atoms with Crippen molar-refractivity contribution < 1.29 is 14.3 Å². The van der Waals surface area contributed by atoms with Crippen molar-refractivity contribution in [2.24, 2.45) is 0 Å². The molecule has 0 radical (unpaired) electrons. The van der Waals surface area contributed by atoms with Crippen LogP contribution in [-0.2, 0) is 4.74 Å². The minimum Gasteiger partial charge on any atom is -0.496 e. The summed E-state index contributed by atoms with van der Waals surface area (Å²) in [6.45, 7) is 7.48. The molecule has 1 aliphatic heterocycles. The van der Waals surface area contributed by atoms with Crippen LogP contribution in [0.4, 0.5) is 10.5 Å². The minimum atomic E-state index is -0.505. The molecule has 0 aliphatic carbocycles. The maximum atomic E-state index is 11.8. The van der Waals surface area contributed by atoms with Crippen molar-refractivity contribution in [3.8, 4) is 5.75 Å². The smallest absolute Gasteiger partial charge is 0.412 e. The van der Waals surface area contributed by atoms with Gasteiger partial charge in [-0.2, -0.15) is 0 Å². The number of hydrogen-bond acceptors (Lipinski definition) is 4. The maximum absolute atomic E-state index is 11.8. The Labute approximate surface area is 126 Å². The molecule has 1 aliphatic rings. The Morgan fingerprint density at radius 2 is 2.14 bits per heavy atom. The van der Waals surface area contributed by atoms with Crippen molar-refractivity contribution in [1.29, 1.82) is 0 Å². The van der Waals surface area contributed by atoms with Crippen LogP contribution in [0.5, 0.6) is 5.75 Å². The predicted octanol–water partition coefficient (Wildman–Crippen LogP) is 3.12. The van der Waals surface area contributed by atoms with Gasteiger partial charge in [-0.1, -0.05) is 0 Å². The molecule has 0 spiro atoms. The number of rotatable bonds is 3. The molecule has 2 rings (SSSR count). The summed E-state index contributed by atoms with van der Waals surface area (Å²) in [4.78, 5) is 11.8. The van der Waals surface area contributed by atoms with Gasteiger partial charge in [0, 0.05) is 23.7 Å². The van der Waals surface area contributed by atoms with Crippen LogP contribution in [-0.4, -0.2) is 31.9 Å². The van der Waals surface area contributed by atoms with E-state index in [0.29, 0.717) is 5.92 Å². The average Bonchev–Trinajstić information content (AvgIpc) is 2.90. The second-order valence-electron chi connectivity index (χ2n) is 6.27. The van der Waals surface area contributed by atoms with Gasteiger partial charge in [0.1, 0.15) is 11.4 Å². The highest BCUT2D eigenvalue weighted by Crippen LogP contribution is 2.33. The van der Waals surface area contributed by atoms with Crippen LogP contribution in [0, 0.1) is 0 Å². The fraction of sp³-hybridized carbons (Fsp3) is 0.562. The van der Waals surface area contributed by atoms with Crippen molar-refractivity contribution in [1.82, 2.24) is 5.32 Å². The Kier molecular flexibility index (Phi) is 4.73. The summed E-state index contributed by atoms with van der Waals surface area (Å²) in [5.41, 5.74) is 1.34. The first-order chi connectivity index (χ1) is 9.89. The summed E-state index contributed by atoms with van der Waals surface area (Å²) in [5.74, 6) is 1.28. The number of ether oxygens (including phenoxy) is 2. The van der Waals surface area contributed by atoms with Crippen LogP contribution in [0.1, 0.15) is 38.7 Å². The van der Waals surface area contributed by atoms with Crippen molar-refractivity contribution >= 4 is 11.8 Å². The lowest BCUT2D eigenvalue weighted by Crippen LogP contribution is -2.27. The second-order valence-corrected chi connectivity index (χ2v) is 6.27. The zero-order valence-corrected chi connectivity index (χ0v) is 13.2. The van der Waals surface area contributed by atoms with Gasteiger partial charge in [0.2, 0.25) is 0 Å². The van der Waals surface area contributed by atoms with Crippen LogP contribution in [0.2, 0.25) is 0 Å². The van der Waals surface area contributed by atoms with E-state index in [0.717, 1.165) is 36.5 Å². The Hall–Kier alpha value is -1.75. The zero-order valence-electron chi connectivity index (χ0n) is 13.2. The SMILES string of the molecule is COc1ccc(NC(=O)OC(C)(C)C)cc1C1CCNC1. The lowest BCUT2D eigenvalue weighted by molar-refractivity contribution is 0.0636. The molecule has 1 aromatic carbocycles. The predicted molar refractivity (Wildman–Crippen MR) is 83.1 cm³/mol. The summed E-state index contributed by atoms with van der Waals surface area (Å²) in [7, 11) is 1.67. The lowest BCUT2D eigenvalue weighted by atomic mass is 9.97. The van der Waals surface area contributed by atoms with E-state index in [1.54, 1.807) is 7.11 Å². The first-order valence-electron chi connectivity index (χ1n) is 7.28. The third-order valence-electron chi connectivity index (χ3n) is 3.38. The number of methoxy groups -OCH3 is 1. The number of nitrogens with one attached hydrogen (secondary N) is 2. The Bertz CT molecular complexity index is 503. The van der Waals surface area contributed by atoms with Crippen LogP contribution in [0.25, 0.3) is 0 Å². The van der Waals surface area contributed by atoms with Crippen LogP contribution < -0.4 is 15.4 Å². The van der Waals surface area contributed by atoms with E-state index in [4.69, 9.17) is 9.47 Å². The normalized spacial score (nSPS) is 18.4. The highest BCUT2D eigenvalue weighted by molar-refractivity contribution is 5.85. The van der Waals surface area contributed by atoms with Crippen molar-refractivity contribution in [2.75, 3.05) is 25.5 Å². The highest BCUT2D eigenvalue weighted by Gasteiger charge is 2.21. The molecule has 5 nitrogen and oxygen atoms in total. The molecule has 1 fully saturated rings. The largest absolute Gasteiger partial charge is 0.496 e. The van der Waals surface area contributed by atoms with Gasteiger partial charge in [-0.3, -0.25) is 5.32 Å². The minimum absolute atomic E-state index is 0.417. The van der Waals surface area contributed by atoms with E-state index < -0.39 is 11.7 Å². The molecule has 1 amide bonds. The van der Waals surface area contributed by atoms with Crippen molar-refractivity contribution in [3.05, 3.63) is 23.8 Å². The molecule has 21 heavy (non-hydrogen) atoms. The van der Waals surface area contributed by atoms with Gasteiger partial charge in [-0.25, -0.2) is 4.79 Å². The van der Waals surface area contributed by atoms with E-state index in [9.17, 15) is 4.79 Å². The number of hydrogen-bond donors (Lipinski definition) is 2. The van der Waals surface area contributed by atoms with Gasteiger partial charge >= 0.3 is 6.09 Å². The summed E-state index contributed by atoms with van der Waals surface area (Å²) in [5, 5.41) is 6.12. The number of carbonyl (C=O) groups excluding carboxylic acids is 1. The molecule has 2 N–H and O–H groups in total. The van der Waals surface area contributed by atoms with E-state index >= 15 is 0 Å². The van der Waals surface area contributed by atoms with Gasteiger partial charge in [0.05, 0.1) is 7.11 Å². The molecule has 1 heterocycles. The molecule has 116 valence electrons. The number of benzene rings is 1. The Morgan fingerprint density at radius 1 is 1.38 bits per heavy atom. The van der Waals surface area contributed by atoms with Crippen LogP contribution in [0.3, 0.4) is 0 Å². The molecule has 1 unspecified atom stereocenters. The third-order valence-corrected chi connectivity index (χ3v) is 3.38. The van der Waals surface area contributed by atoms with Gasteiger partial charge in [-0.15, -0.1) is 0 Å². The van der Waals surface area contributed by atoms with Crippen molar-refractivity contribution in [3.63, 3.8) is 0 Å². The molecular formula is C16H24N2O3. The lowest BCUT2D eigenvalue weighted by Gasteiger charge is -2.20. The summed E-state index contributed by atoms with van der Waals surface area (Å²) in [6.07, 6.45) is 0.634. The van der Waals surface area contributed by atoms with Gasteiger partial charge in [-0.05, 0) is 51.9 Å². The van der Waals surface area contributed by atoms with Crippen molar-refractivity contribution in [2.45, 2.75) is 38.7 Å². The summed E-state index contributed by atoms with van der Waals surface area (Å²) >= 11 is 0. The molecule has 0 bridgehead atoms. The molecule has 1 aromatic rings. The molecule has 5 heteroatoms. The van der Waals surface area contributed by atoms with Gasteiger partial charge in [0.15, 0.2) is 0 Å². The Balaban J connectivity index is 2.13. The van der Waals surface area contributed by atoms with E-state index in [1.165, 1.54) is 0 Å². The van der Waals surface area contributed by atoms with E-state index in [2.05, 4.69) is 10.6 Å². The van der Waals surface area contributed by atoms with Crippen LogP contribution >= 0.6 is 0 Å². The van der Waals surface area contributed by atoms with E-state index in [-0.39, 0.29) is 0 Å². The molecule has 0 saturated carbocycles. The first kappa shape index (κ1) is 15.6. The van der Waals surface area contributed by atoms with Crippen LogP contribution in [0.15, 0.2) is 18.2 Å². The molecule has 1 saturated heterocycles. The maximum Gasteiger partial charge on any atom is 0.412 e. The number of carbonyl (C=O) groups is 1. The summed E-state index contributed by atoms with van der Waals surface area (Å²) < 4.78 is 10.7. The first-order valence-corrected chi connectivity index (χ1v) is 7.28. The number of anilines is 1. The van der Waals surface area contributed by atoms with E-state index in [1.807, 2.05) is 39.0 Å². The standard InChI is InChI=1S/C16H24N2O3/c1-16(2,3)21-15(19)18-12-5-6-14(20-4)13(9-12)11-7-8-17-10-11/h5-6,9,11,17H,7-8,10H2,1-4H3,(H,18,19). The van der Waals surface area contributed by atoms with Gasteiger partial charge < -0.3 is 14.8 Å². The zero-order chi connectivity index (χ0) is 15.5. The fourth-order valence-corrected chi connectivity index (χ4v) is 2.47. The highest BCUT2D eigenvalue weighted by atomic mass is 16.6. The molecule has 1 atom stereocenters. The monoisotopic (exact) mass is 292 g/mol. The second kappa shape index (κ2) is 6.35. The molecular weight excluding hydrogens is 268 g/mol. The Morgan fingerprint density at radius 3 is 2.71 bits per heavy atom. The average molecular weight is 292 g/mol. The topological polar surface area (TPSA) is 59.6 Å². The molecule has 0 aromatic heterocycles. The van der Waals surface area contributed by atoms with Gasteiger partial charge in [0.25, 0.3) is 0 Å². The quantitative estimate of drug-likeness (QED) is 0.898. The number of amides is 1.